The van der Waals surface area contributed by atoms with Crippen LogP contribution in [-0.4, -0.2) is 56.6 Å². The van der Waals surface area contributed by atoms with Crippen LogP contribution in [0.5, 0.6) is 0 Å². The molecular weight excluding hydrogens is 325 g/mol. The van der Waals surface area contributed by atoms with E-state index >= 15 is 0 Å². The van der Waals surface area contributed by atoms with E-state index in [0.717, 1.165) is 18.5 Å². The monoisotopic (exact) mass is 351 g/mol. The first-order valence-corrected chi connectivity index (χ1v) is 8.48. The number of hydrogen-bond donors (Lipinski definition) is 2. The fourth-order valence-electron chi connectivity index (χ4n) is 3.18. The molecule has 0 radical (unpaired) electrons. The number of ether oxygens (including phenoxy) is 1. The number of rotatable bonds is 7. The Bertz CT molecular complexity index is 597. The molecule has 2 N–H and O–H groups in total. The van der Waals surface area contributed by atoms with E-state index in [1.54, 1.807) is 26.3 Å². The lowest BCUT2D eigenvalue weighted by Crippen LogP contribution is -2.48. The van der Waals surface area contributed by atoms with Crippen molar-refractivity contribution in [1.82, 2.24) is 15.5 Å². The second-order valence-electron chi connectivity index (χ2n) is 6.34. The molecule has 0 unspecified atom stereocenters. The van der Waals surface area contributed by atoms with Gasteiger partial charge >= 0.3 is 0 Å². The zero-order chi connectivity index (χ0) is 18.2. The van der Waals surface area contributed by atoms with Crippen molar-refractivity contribution in [3.63, 3.8) is 0 Å². The third-order valence-corrected chi connectivity index (χ3v) is 4.52. The van der Waals surface area contributed by atoms with E-state index in [-0.39, 0.29) is 36.2 Å². The van der Waals surface area contributed by atoms with E-state index in [2.05, 4.69) is 10.6 Å². The fourth-order valence-corrected chi connectivity index (χ4v) is 3.18. The molecule has 1 saturated heterocycles. The van der Waals surface area contributed by atoms with E-state index < -0.39 is 0 Å². The van der Waals surface area contributed by atoms with E-state index in [0.29, 0.717) is 19.5 Å². The minimum atomic E-state index is -0.314. The van der Waals surface area contributed by atoms with Crippen LogP contribution in [0.3, 0.4) is 0 Å². The predicted molar refractivity (Wildman–Crippen MR) is 92.3 cm³/mol. The van der Waals surface area contributed by atoms with Gasteiger partial charge in [-0.25, -0.2) is 4.39 Å². The molecule has 1 aliphatic heterocycles. The lowest BCUT2D eigenvalue weighted by molar-refractivity contribution is -0.125. The van der Waals surface area contributed by atoms with Crippen LogP contribution in [0.2, 0.25) is 0 Å². The Morgan fingerprint density at radius 1 is 1.36 bits per heavy atom. The molecule has 25 heavy (non-hydrogen) atoms. The lowest BCUT2D eigenvalue weighted by atomic mass is 9.91. The van der Waals surface area contributed by atoms with Gasteiger partial charge in [-0.15, -0.1) is 0 Å². The van der Waals surface area contributed by atoms with Gasteiger partial charge in [-0.3, -0.25) is 14.5 Å². The van der Waals surface area contributed by atoms with Gasteiger partial charge in [0.25, 0.3) is 0 Å². The first kappa shape index (κ1) is 19.3. The van der Waals surface area contributed by atoms with E-state index in [9.17, 15) is 14.0 Å². The number of amides is 2. The highest BCUT2D eigenvalue weighted by Gasteiger charge is 2.31. The number of carbonyl (C=O) groups is 2. The minimum Gasteiger partial charge on any atom is -0.381 e. The Balaban J connectivity index is 1.82. The maximum atomic E-state index is 13.1. The zero-order valence-corrected chi connectivity index (χ0v) is 14.8. The Morgan fingerprint density at radius 3 is 2.84 bits per heavy atom. The summed E-state index contributed by atoms with van der Waals surface area (Å²) in [5, 5.41) is 5.44. The maximum absolute atomic E-state index is 13.1. The van der Waals surface area contributed by atoms with Crippen molar-refractivity contribution < 1.29 is 18.7 Å². The van der Waals surface area contributed by atoms with Gasteiger partial charge in [0, 0.05) is 46.1 Å². The van der Waals surface area contributed by atoms with Gasteiger partial charge in [-0.2, -0.15) is 0 Å². The smallest absolute Gasteiger partial charge is 0.234 e. The maximum Gasteiger partial charge on any atom is 0.234 e. The molecule has 0 bridgehead atoms. The molecule has 1 heterocycles. The van der Waals surface area contributed by atoms with Crippen molar-refractivity contribution in [2.45, 2.75) is 25.5 Å². The van der Waals surface area contributed by atoms with Crippen molar-refractivity contribution >= 4 is 11.8 Å². The molecule has 1 aromatic carbocycles. The highest BCUT2D eigenvalue weighted by molar-refractivity contribution is 5.78. The van der Waals surface area contributed by atoms with Crippen LogP contribution in [0.4, 0.5) is 4.39 Å². The summed E-state index contributed by atoms with van der Waals surface area (Å²) >= 11 is 0. The van der Waals surface area contributed by atoms with Gasteiger partial charge in [-0.1, -0.05) is 12.1 Å². The number of nitrogens with one attached hydrogen (secondary N) is 2. The molecule has 0 aromatic heterocycles. The van der Waals surface area contributed by atoms with Crippen molar-refractivity contribution in [3.05, 3.63) is 35.6 Å². The second kappa shape index (κ2) is 9.48. The van der Waals surface area contributed by atoms with Gasteiger partial charge in [0.2, 0.25) is 11.8 Å². The molecule has 2 atom stereocenters. The summed E-state index contributed by atoms with van der Waals surface area (Å²) in [4.78, 5) is 25.8. The van der Waals surface area contributed by atoms with Crippen LogP contribution in [0.15, 0.2) is 24.3 Å². The average Bonchev–Trinajstić information content (AvgIpc) is 2.60. The standard InChI is InChI=1S/C18H26FN3O3/c1-20-17(23)9-14-11-22(7-6-16(14)25-2)12-18(24)21-10-13-4-3-5-15(19)8-13/h3-5,8,14,16H,6-7,9-12H2,1-2H3,(H,20,23)(H,21,24)/t14-,16-/m1/s1. The van der Waals surface area contributed by atoms with Crippen LogP contribution in [0, 0.1) is 11.7 Å². The minimum absolute atomic E-state index is 0.0237. The van der Waals surface area contributed by atoms with Gasteiger partial charge in [-0.05, 0) is 24.1 Å². The highest BCUT2D eigenvalue weighted by atomic mass is 19.1. The molecule has 138 valence electrons. The largest absolute Gasteiger partial charge is 0.381 e. The quantitative estimate of drug-likeness (QED) is 0.766. The second-order valence-corrected chi connectivity index (χ2v) is 6.34. The predicted octanol–water partition coefficient (Wildman–Crippen LogP) is 0.915. The fraction of sp³-hybridized carbons (Fsp3) is 0.556. The van der Waals surface area contributed by atoms with E-state index in [4.69, 9.17) is 4.74 Å². The highest BCUT2D eigenvalue weighted by Crippen LogP contribution is 2.22. The molecule has 0 spiro atoms. The van der Waals surface area contributed by atoms with Crippen molar-refractivity contribution in [2.24, 2.45) is 5.92 Å². The third kappa shape index (κ3) is 6.10. The Morgan fingerprint density at radius 2 is 2.16 bits per heavy atom. The van der Waals surface area contributed by atoms with Crippen molar-refractivity contribution in [3.8, 4) is 0 Å². The molecule has 7 heteroatoms. The zero-order valence-electron chi connectivity index (χ0n) is 14.8. The van der Waals surface area contributed by atoms with Gasteiger partial charge in [0.15, 0.2) is 0 Å². The molecule has 2 amide bonds. The number of halogens is 1. The topological polar surface area (TPSA) is 70.7 Å². The Hall–Kier alpha value is -1.99. The summed E-state index contributed by atoms with van der Waals surface area (Å²) in [6.07, 6.45) is 1.20. The molecule has 6 nitrogen and oxygen atoms in total. The van der Waals surface area contributed by atoms with Crippen LogP contribution in [0.1, 0.15) is 18.4 Å². The van der Waals surface area contributed by atoms with Gasteiger partial charge in [0.1, 0.15) is 5.82 Å². The first-order valence-electron chi connectivity index (χ1n) is 8.48. The SMILES string of the molecule is CNC(=O)C[C@@H]1CN(CC(=O)NCc2cccc(F)c2)CC[C@H]1OC. The summed E-state index contributed by atoms with van der Waals surface area (Å²) in [5.41, 5.74) is 0.726. The van der Waals surface area contributed by atoms with Crippen LogP contribution < -0.4 is 10.6 Å². The summed E-state index contributed by atoms with van der Waals surface area (Å²) in [7, 11) is 3.27. The van der Waals surface area contributed by atoms with Crippen LogP contribution in [0.25, 0.3) is 0 Å². The molecule has 1 fully saturated rings. The molecular formula is C18H26FN3O3. The summed E-state index contributed by atoms with van der Waals surface area (Å²) in [5.74, 6) is -0.386. The number of nitrogens with zero attached hydrogens (tertiary/aromatic N) is 1. The summed E-state index contributed by atoms with van der Waals surface area (Å²) < 4.78 is 18.6. The van der Waals surface area contributed by atoms with Crippen LogP contribution in [-0.2, 0) is 20.9 Å². The Labute approximate surface area is 147 Å². The number of likely N-dealkylation sites (tertiary alicyclic amines) is 1. The summed E-state index contributed by atoms with van der Waals surface area (Å²) in [6.45, 7) is 1.94. The summed E-state index contributed by atoms with van der Waals surface area (Å²) in [6, 6.07) is 6.17. The number of methoxy groups -OCH3 is 1. The average molecular weight is 351 g/mol. The van der Waals surface area contributed by atoms with Gasteiger partial charge in [0.05, 0.1) is 12.6 Å². The van der Waals surface area contributed by atoms with E-state index in [1.807, 2.05) is 4.90 Å². The number of carbonyl (C=O) groups excluding carboxylic acids is 2. The third-order valence-electron chi connectivity index (χ3n) is 4.52. The Kier molecular flexibility index (Phi) is 7.33. The normalized spacial score (nSPS) is 20.9. The molecule has 1 aliphatic rings. The number of piperidine rings is 1. The van der Waals surface area contributed by atoms with Crippen LogP contribution >= 0.6 is 0 Å². The molecule has 1 aromatic rings. The van der Waals surface area contributed by atoms with E-state index in [1.165, 1.54) is 12.1 Å². The lowest BCUT2D eigenvalue weighted by Gasteiger charge is -2.37. The first-order chi connectivity index (χ1) is 12.0. The molecule has 0 aliphatic carbocycles. The number of benzene rings is 1. The number of hydrogen-bond acceptors (Lipinski definition) is 4. The van der Waals surface area contributed by atoms with Crippen molar-refractivity contribution in [1.29, 1.82) is 0 Å². The van der Waals surface area contributed by atoms with Gasteiger partial charge < -0.3 is 15.4 Å². The van der Waals surface area contributed by atoms with Crippen molar-refractivity contribution in [2.75, 3.05) is 33.8 Å². The molecule has 0 saturated carbocycles. The molecule has 2 rings (SSSR count).